The maximum atomic E-state index is 4.35. The van der Waals surface area contributed by atoms with Crippen molar-refractivity contribution in [2.75, 3.05) is 0 Å². The molecule has 0 aliphatic rings. The molecule has 1 unspecified atom stereocenters. The maximum absolute atomic E-state index is 4.35. The Hall–Kier alpha value is -1.20. The number of nitrogens with zero attached hydrogens (tertiary/aromatic N) is 3. The van der Waals surface area contributed by atoms with Crippen LogP contribution in [0.4, 0.5) is 0 Å². The van der Waals surface area contributed by atoms with E-state index in [0.29, 0.717) is 6.04 Å². The van der Waals surface area contributed by atoms with Crippen LogP contribution >= 0.6 is 11.3 Å². The summed E-state index contributed by atoms with van der Waals surface area (Å²) < 4.78 is 1.95. The summed E-state index contributed by atoms with van der Waals surface area (Å²) in [6.45, 7) is 6.09. The van der Waals surface area contributed by atoms with Crippen molar-refractivity contribution in [3.63, 3.8) is 0 Å². The second kappa shape index (κ2) is 5.93. The van der Waals surface area contributed by atoms with Crippen LogP contribution in [0.1, 0.15) is 23.7 Å². The predicted molar refractivity (Wildman–Crippen MR) is 70.0 cm³/mol. The third-order valence-corrected chi connectivity index (χ3v) is 3.69. The average Bonchev–Trinajstić information content (AvgIpc) is 2.96. The summed E-state index contributed by atoms with van der Waals surface area (Å²) in [5, 5.41) is 8.89. The third kappa shape index (κ3) is 3.64. The summed E-state index contributed by atoms with van der Waals surface area (Å²) in [4.78, 5) is 5.65. The first kappa shape index (κ1) is 12.3. The van der Waals surface area contributed by atoms with Gasteiger partial charge in [0.1, 0.15) is 0 Å². The van der Waals surface area contributed by atoms with Crippen LogP contribution in [0.2, 0.25) is 0 Å². The Morgan fingerprint density at radius 2 is 2.41 bits per heavy atom. The Labute approximate surface area is 106 Å². The number of aryl methyl sites for hydroxylation is 1. The van der Waals surface area contributed by atoms with Gasteiger partial charge in [0.2, 0.25) is 0 Å². The van der Waals surface area contributed by atoms with Gasteiger partial charge in [-0.25, -0.2) is 4.98 Å². The fourth-order valence-corrected chi connectivity index (χ4v) is 2.43. The molecule has 2 rings (SSSR count). The average molecular weight is 250 g/mol. The van der Waals surface area contributed by atoms with E-state index in [-0.39, 0.29) is 0 Å². The van der Waals surface area contributed by atoms with Crippen molar-refractivity contribution in [2.24, 2.45) is 0 Å². The first-order chi connectivity index (χ1) is 8.28. The minimum atomic E-state index is 0.405. The summed E-state index contributed by atoms with van der Waals surface area (Å²) in [7, 11) is 0. The molecule has 0 saturated heterocycles. The second-order valence-electron chi connectivity index (χ2n) is 4.08. The van der Waals surface area contributed by atoms with Crippen LogP contribution < -0.4 is 5.32 Å². The molecular formula is C12H18N4S. The standard InChI is InChI=1S/C12H18N4S/c1-3-12-14-8-11(17-12)7-13-10(2)9-16-6-4-5-15-16/h4-6,8,10,13H,3,7,9H2,1-2H3. The number of thiazole rings is 1. The van der Waals surface area contributed by atoms with E-state index in [1.54, 1.807) is 11.3 Å². The molecule has 0 bridgehead atoms. The van der Waals surface area contributed by atoms with Crippen molar-refractivity contribution in [1.29, 1.82) is 0 Å². The fraction of sp³-hybridized carbons (Fsp3) is 0.500. The lowest BCUT2D eigenvalue weighted by molar-refractivity contribution is 0.452. The van der Waals surface area contributed by atoms with E-state index in [2.05, 4.69) is 29.2 Å². The first-order valence-corrected chi connectivity index (χ1v) is 6.74. The highest BCUT2D eigenvalue weighted by Gasteiger charge is 2.04. The molecule has 5 heteroatoms. The summed E-state index contributed by atoms with van der Waals surface area (Å²) in [6, 6.07) is 2.35. The van der Waals surface area contributed by atoms with Crippen molar-refractivity contribution in [2.45, 2.75) is 39.4 Å². The van der Waals surface area contributed by atoms with Crippen LogP contribution in [-0.2, 0) is 19.5 Å². The lowest BCUT2D eigenvalue weighted by Gasteiger charge is -2.12. The molecule has 0 amide bonds. The lowest BCUT2D eigenvalue weighted by atomic mass is 10.3. The molecule has 2 heterocycles. The molecule has 0 aliphatic carbocycles. The quantitative estimate of drug-likeness (QED) is 0.853. The molecular weight excluding hydrogens is 232 g/mol. The summed E-state index contributed by atoms with van der Waals surface area (Å²) in [6.07, 6.45) is 6.79. The number of rotatable bonds is 6. The van der Waals surface area contributed by atoms with Gasteiger partial charge in [-0.15, -0.1) is 11.3 Å². The molecule has 4 nitrogen and oxygen atoms in total. The van der Waals surface area contributed by atoms with Crippen molar-refractivity contribution >= 4 is 11.3 Å². The van der Waals surface area contributed by atoms with E-state index in [1.165, 1.54) is 9.88 Å². The van der Waals surface area contributed by atoms with Crippen molar-refractivity contribution in [3.05, 3.63) is 34.5 Å². The molecule has 2 aromatic rings. The Balaban J connectivity index is 1.77. The highest BCUT2D eigenvalue weighted by atomic mass is 32.1. The van der Waals surface area contributed by atoms with Crippen LogP contribution in [0, 0.1) is 0 Å². The fourth-order valence-electron chi connectivity index (χ4n) is 1.62. The maximum Gasteiger partial charge on any atom is 0.0925 e. The predicted octanol–water partition coefficient (Wildman–Crippen LogP) is 2.08. The molecule has 0 saturated carbocycles. The van der Waals surface area contributed by atoms with E-state index in [9.17, 15) is 0 Å². The molecule has 92 valence electrons. The monoisotopic (exact) mass is 250 g/mol. The molecule has 0 aromatic carbocycles. The van der Waals surface area contributed by atoms with Gasteiger partial charge in [-0.05, 0) is 19.4 Å². The van der Waals surface area contributed by atoms with Gasteiger partial charge in [-0.3, -0.25) is 4.68 Å². The minimum absolute atomic E-state index is 0.405. The van der Waals surface area contributed by atoms with E-state index < -0.39 is 0 Å². The Morgan fingerprint density at radius 3 is 3.06 bits per heavy atom. The normalized spacial score (nSPS) is 12.8. The van der Waals surface area contributed by atoms with E-state index in [1.807, 2.05) is 29.3 Å². The summed E-state index contributed by atoms with van der Waals surface area (Å²) in [5.74, 6) is 0. The molecule has 0 spiro atoms. The van der Waals surface area contributed by atoms with Crippen molar-refractivity contribution < 1.29 is 0 Å². The zero-order chi connectivity index (χ0) is 12.1. The highest BCUT2D eigenvalue weighted by Crippen LogP contribution is 2.13. The SMILES string of the molecule is CCc1ncc(CNC(C)Cn2cccn2)s1. The van der Waals surface area contributed by atoms with Crippen LogP contribution in [0.15, 0.2) is 24.7 Å². The molecule has 1 atom stereocenters. The number of nitrogens with one attached hydrogen (secondary N) is 1. The Kier molecular flexibility index (Phi) is 4.28. The minimum Gasteiger partial charge on any atom is -0.307 e. The Bertz CT molecular complexity index is 435. The second-order valence-corrected chi connectivity index (χ2v) is 5.28. The molecule has 2 aromatic heterocycles. The van der Waals surface area contributed by atoms with Crippen LogP contribution in [0.5, 0.6) is 0 Å². The van der Waals surface area contributed by atoms with Gasteiger partial charge in [0.25, 0.3) is 0 Å². The third-order valence-electron chi connectivity index (χ3n) is 2.55. The molecule has 17 heavy (non-hydrogen) atoms. The number of aromatic nitrogens is 3. The van der Waals surface area contributed by atoms with E-state index in [4.69, 9.17) is 0 Å². The largest absolute Gasteiger partial charge is 0.307 e. The summed E-state index contributed by atoms with van der Waals surface area (Å²) >= 11 is 1.79. The van der Waals surface area contributed by atoms with Gasteiger partial charge >= 0.3 is 0 Å². The molecule has 0 fully saturated rings. The van der Waals surface area contributed by atoms with Gasteiger partial charge in [-0.1, -0.05) is 6.92 Å². The molecule has 0 radical (unpaired) electrons. The first-order valence-electron chi connectivity index (χ1n) is 5.92. The molecule has 0 aliphatic heterocycles. The van der Waals surface area contributed by atoms with E-state index >= 15 is 0 Å². The topological polar surface area (TPSA) is 42.7 Å². The van der Waals surface area contributed by atoms with Crippen LogP contribution in [0.3, 0.4) is 0 Å². The zero-order valence-electron chi connectivity index (χ0n) is 10.3. The van der Waals surface area contributed by atoms with Crippen molar-refractivity contribution in [3.8, 4) is 0 Å². The van der Waals surface area contributed by atoms with Crippen LogP contribution in [-0.4, -0.2) is 20.8 Å². The smallest absolute Gasteiger partial charge is 0.0925 e. The van der Waals surface area contributed by atoms with Gasteiger partial charge in [0.15, 0.2) is 0 Å². The highest BCUT2D eigenvalue weighted by molar-refractivity contribution is 7.11. The van der Waals surface area contributed by atoms with E-state index in [0.717, 1.165) is 19.5 Å². The molecule has 1 N–H and O–H groups in total. The van der Waals surface area contributed by atoms with Crippen LogP contribution in [0.25, 0.3) is 0 Å². The number of hydrogen-bond acceptors (Lipinski definition) is 4. The van der Waals surface area contributed by atoms with Crippen molar-refractivity contribution in [1.82, 2.24) is 20.1 Å². The van der Waals surface area contributed by atoms with Gasteiger partial charge in [-0.2, -0.15) is 5.10 Å². The number of hydrogen-bond donors (Lipinski definition) is 1. The van der Waals surface area contributed by atoms with Gasteiger partial charge in [0, 0.05) is 36.1 Å². The lowest BCUT2D eigenvalue weighted by Crippen LogP contribution is -2.29. The Morgan fingerprint density at radius 1 is 1.53 bits per heavy atom. The zero-order valence-corrected chi connectivity index (χ0v) is 11.1. The van der Waals surface area contributed by atoms with Gasteiger partial charge in [0.05, 0.1) is 11.6 Å². The van der Waals surface area contributed by atoms with Gasteiger partial charge < -0.3 is 5.32 Å². The summed E-state index contributed by atoms with van der Waals surface area (Å²) in [5.41, 5.74) is 0.